The molecular weight excluding hydrogens is 494 g/mol. The van der Waals surface area contributed by atoms with E-state index in [9.17, 15) is 14.4 Å². The van der Waals surface area contributed by atoms with Gasteiger partial charge in [-0.05, 0) is 56.5 Å². The Balaban J connectivity index is 1.91. The van der Waals surface area contributed by atoms with Crippen LogP contribution in [0.25, 0.3) is 0 Å². The monoisotopic (exact) mass is 523 g/mol. The molecule has 0 unspecified atom stereocenters. The fourth-order valence-corrected chi connectivity index (χ4v) is 5.40. The predicted octanol–water partition coefficient (Wildman–Crippen LogP) is 5.06. The lowest BCUT2D eigenvalue weighted by Gasteiger charge is -2.39. The average molecular weight is 524 g/mol. The van der Waals surface area contributed by atoms with Crippen LogP contribution in [0.5, 0.6) is 5.75 Å². The molecule has 2 aromatic rings. The van der Waals surface area contributed by atoms with Crippen LogP contribution in [-0.2, 0) is 23.9 Å². The van der Waals surface area contributed by atoms with Gasteiger partial charge >= 0.3 is 11.9 Å². The number of para-hydroxylation sites is 1. The minimum Gasteiger partial charge on any atom is -0.496 e. The maximum absolute atomic E-state index is 14.3. The maximum atomic E-state index is 14.3. The molecule has 1 heterocycles. The summed E-state index contributed by atoms with van der Waals surface area (Å²) in [6.07, 6.45) is 0.350. The maximum Gasteiger partial charge on any atom is 0.336 e. The third-order valence-electron chi connectivity index (χ3n) is 6.80. The fourth-order valence-electron chi connectivity index (χ4n) is 5.27. The third kappa shape index (κ3) is 5.01. The molecule has 7 nitrogen and oxygen atoms in total. The van der Waals surface area contributed by atoms with Crippen LogP contribution < -0.4 is 10.1 Å². The van der Waals surface area contributed by atoms with Crippen molar-refractivity contribution in [1.29, 1.82) is 0 Å². The number of nitrogens with one attached hydrogen (secondary N) is 1. The quantitative estimate of drug-likeness (QED) is 0.400. The number of Topliss-reactive ketones (excluding diaryl/α,β-unsaturated/α-hetero) is 1. The standard InChI is InChI=1S/C29H30ClNO6/c1-5-36-28(33)23-16(3)31-21-15-20(19-9-7-8-10-22(19)35-4)25(29(34)37-6-2)27(32)26(21)24(23)17-11-13-18(30)14-12-17/h7-14,20,24-25,31H,5-6,15H2,1-4H3/t20-,24-,25-/m1/s1. The van der Waals surface area contributed by atoms with Gasteiger partial charge in [-0.3, -0.25) is 9.59 Å². The molecule has 37 heavy (non-hydrogen) atoms. The molecule has 4 rings (SSSR count). The van der Waals surface area contributed by atoms with Crippen molar-refractivity contribution in [3.8, 4) is 5.75 Å². The topological polar surface area (TPSA) is 90.9 Å². The summed E-state index contributed by atoms with van der Waals surface area (Å²) in [4.78, 5) is 40.7. The highest BCUT2D eigenvalue weighted by Crippen LogP contribution is 2.49. The van der Waals surface area contributed by atoms with Gasteiger partial charge in [0.05, 0.1) is 25.9 Å². The number of dihydropyridines is 1. The first-order valence-electron chi connectivity index (χ1n) is 12.3. The van der Waals surface area contributed by atoms with Crippen LogP contribution >= 0.6 is 11.6 Å². The molecule has 0 radical (unpaired) electrons. The zero-order valence-corrected chi connectivity index (χ0v) is 22.1. The second-order valence-corrected chi connectivity index (χ2v) is 9.34. The Kier molecular flexibility index (Phi) is 8.03. The van der Waals surface area contributed by atoms with E-state index in [1.807, 2.05) is 18.2 Å². The number of ether oxygens (including phenoxy) is 3. The van der Waals surface area contributed by atoms with Gasteiger partial charge in [-0.15, -0.1) is 0 Å². The van der Waals surface area contributed by atoms with E-state index in [-0.39, 0.29) is 13.2 Å². The summed E-state index contributed by atoms with van der Waals surface area (Å²) in [6.45, 7) is 5.55. The predicted molar refractivity (Wildman–Crippen MR) is 139 cm³/mol. The van der Waals surface area contributed by atoms with E-state index >= 15 is 0 Å². The van der Waals surface area contributed by atoms with Gasteiger partial charge in [0.15, 0.2) is 5.78 Å². The molecule has 3 atom stereocenters. The first kappa shape index (κ1) is 26.5. The van der Waals surface area contributed by atoms with Gasteiger partial charge in [0, 0.05) is 33.8 Å². The zero-order valence-electron chi connectivity index (χ0n) is 21.3. The second kappa shape index (κ2) is 11.2. The first-order chi connectivity index (χ1) is 17.8. The number of rotatable bonds is 7. The second-order valence-electron chi connectivity index (χ2n) is 8.91. The molecular formula is C29H30ClNO6. The van der Waals surface area contributed by atoms with E-state index in [4.69, 9.17) is 25.8 Å². The lowest BCUT2D eigenvalue weighted by molar-refractivity contribution is -0.152. The summed E-state index contributed by atoms with van der Waals surface area (Å²) in [5.74, 6) is -3.28. The average Bonchev–Trinajstić information content (AvgIpc) is 2.88. The number of esters is 2. The van der Waals surface area contributed by atoms with Crippen LogP contribution in [0.4, 0.5) is 0 Å². The highest BCUT2D eigenvalue weighted by atomic mass is 35.5. The zero-order chi connectivity index (χ0) is 26.7. The van der Waals surface area contributed by atoms with Gasteiger partial charge in [-0.25, -0.2) is 4.79 Å². The van der Waals surface area contributed by atoms with Gasteiger partial charge in [-0.1, -0.05) is 41.9 Å². The van der Waals surface area contributed by atoms with Crippen molar-refractivity contribution in [1.82, 2.24) is 5.32 Å². The molecule has 0 aromatic heterocycles. The van der Waals surface area contributed by atoms with Crippen molar-refractivity contribution in [2.45, 2.75) is 39.0 Å². The number of hydrogen-bond donors (Lipinski definition) is 1. The summed E-state index contributed by atoms with van der Waals surface area (Å²) < 4.78 is 16.3. The summed E-state index contributed by atoms with van der Waals surface area (Å²) >= 11 is 6.14. The Morgan fingerprint density at radius 2 is 1.70 bits per heavy atom. The number of ketones is 1. The Hall–Kier alpha value is -3.58. The van der Waals surface area contributed by atoms with E-state index in [1.165, 1.54) is 0 Å². The number of methoxy groups -OCH3 is 1. The molecule has 8 heteroatoms. The van der Waals surface area contributed by atoms with Crippen molar-refractivity contribution in [2.75, 3.05) is 20.3 Å². The van der Waals surface area contributed by atoms with Gasteiger partial charge in [0.25, 0.3) is 0 Å². The van der Waals surface area contributed by atoms with Gasteiger partial charge in [-0.2, -0.15) is 0 Å². The van der Waals surface area contributed by atoms with Gasteiger partial charge < -0.3 is 19.5 Å². The van der Waals surface area contributed by atoms with Crippen LogP contribution in [0.1, 0.15) is 50.2 Å². The highest BCUT2D eigenvalue weighted by Gasteiger charge is 2.49. The molecule has 1 aliphatic carbocycles. The summed E-state index contributed by atoms with van der Waals surface area (Å²) in [5.41, 5.74) is 3.39. The normalized spacial score (nSPS) is 21.2. The van der Waals surface area contributed by atoms with E-state index in [0.29, 0.717) is 45.3 Å². The molecule has 1 aliphatic heterocycles. The molecule has 0 saturated carbocycles. The minimum absolute atomic E-state index is 0.138. The molecule has 194 valence electrons. The van der Waals surface area contributed by atoms with Crippen LogP contribution in [0.2, 0.25) is 5.02 Å². The Morgan fingerprint density at radius 3 is 2.35 bits per heavy atom. The Bertz CT molecular complexity index is 1280. The number of halogens is 1. The van der Waals surface area contributed by atoms with Crippen LogP contribution in [-0.4, -0.2) is 38.0 Å². The number of carbonyl (C=O) groups excluding carboxylic acids is 3. The van der Waals surface area contributed by atoms with Crippen molar-refractivity contribution in [2.24, 2.45) is 5.92 Å². The largest absolute Gasteiger partial charge is 0.496 e. The van der Waals surface area contributed by atoms with Crippen molar-refractivity contribution in [3.05, 3.63) is 87.2 Å². The smallest absolute Gasteiger partial charge is 0.336 e. The number of allylic oxidation sites excluding steroid dienone is 3. The van der Waals surface area contributed by atoms with E-state index in [1.54, 1.807) is 58.2 Å². The van der Waals surface area contributed by atoms with Crippen molar-refractivity contribution < 1.29 is 28.6 Å². The number of carbonyl (C=O) groups is 3. The third-order valence-corrected chi connectivity index (χ3v) is 7.05. The first-order valence-corrected chi connectivity index (χ1v) is 12.7. The molecule has 0 fully saturated rings. The van der Waals surface area contributed by atoms with Gasteiger partial charge in [0.1, 0.15) is 11.7 Å². The van der Waals surface area contributed by atoms with Crippen molar-refractivity contribution >= 4 is 29.3 Å². The van der Waals surface area contributed by atoms with E-state index in [0.717, 1.165) is 5.56 Å². The molecule has 0 saturated heterocycles. The molecule has 0 amide bonds. The summed E-state index contributed by atoms with van der Waals surface area (Å²) in [7, 11) is 1.56. The highest BCUT2D eigenvalue weighted by molar-refractivity contribution is 6.30. The van der Waals surface area contributed by atoms with Crippen LogP contribution in [0.15, 0.2) is 71.1 Å². The Morgan fingerprint density at radius 1 is 1.03 bits per heavy atom. The van der Waals surface area contributed by atoms with Gasteiger partial charge in [0.2, 0.25) is 0 Å². The van der Waals surface area contributed by atoms with E-state index in [2.05, 4.69) is 5.32 Å². The molecule has 2 aliphatic rings. The van der Waals surface area contributed by atoms with Crippen molar-refractivity contribution in [3.63, 3.8) is 0 Å². The summed E-state index contributed by atoms with van der Waals surface area (Å²) in [5, 5.41) is 3.83. The number of hydrogen-bond acceptors (Lipinski definition) is 7. The minimum atomic E-state index is -1.10. The lowest BCUT2D eigenvalue weighted by Crippen LogP contribution is -2.43. The molecule has 1 N–H and O–H groups in total. The SMILES string of the molecule is CCOC(=O)C1=C(C)NC2=C(C(=O)[C@H](C(=O)OCC)[C@@H](c3ccccc3OC)C2)[C@@H]1c1ccc(Cl)cc1. The van der Waals surface area contributed by atoms with Crippen LogP contribution in [0.3, 0.4) is 0 Å². The van der Waals surface area contributed by atoms with Crippen LogP contribution in [0, 0.1) is 5.92 Å². The molecule has 0 bridgehead atoms. The van der Waals surface area contributed by atoms with E-state index < -0.39 is 35.5 Å². The summed E-state index contributed by atoms with van der Waals surface area (Å²) in [6, 6.07) is 14.4. The number of benzene rings is 2. The lowest BCUT2D eigenvalue weighted by atomic mass is 9.67. The molecule has 0 spiro atoms. The Labute approximate surface area is 221 Å². The fraction of sp³-hybridized carbons (Fsp3) is 0.345. The molecule has 2 aromatic carbocycles.